The highest BCUT2D eigenvalue weighted by Gasteiger charge is 2.27. The minimum absolute atomic E-state index is 0.0201. The van der Waals surface area contributed by atoms with Gasteiger partial charge in [0, 0.05) is 12.8 Å². The van der Waals surface area contributed by atoms with Crippen LogP contribution in [-0.4, -0.2) is 74.9 Å². The molecule has 0 aliphatic rings. The molecule has 0 aromatic carbocycles. The average molecular weight is 835 g/mol. The van der Waals surface area contributed by atoms with E-state index in [4.69, 9.17) is 18.5 Å². The lowest BCUT2D eigenvalue weighted by Crippen LogP contribution is -2.37. The number of nitrogens with zero attached hydrogens (tertiary/aromatic N) is 1. The van der Waals surface area contributed by atoms with E-state index in [0.29, 0.717) is 17.4 Å². The van der Waals surface area contributed by atoms with E-state index in [1.54, 1.807) is 0 Å². The second-order valence-corrected chi connectivity index (χ2v) is 17.5. The zero-order valence-corrected chi connectivity index (χ0v) is 38.4. The van der Waals surface area contributed by atoms with Crippen LogP contribution >= 0.6 is 7.82 Å². The average Bonchev–Trinajstić information content (AvgIpc) is 3.17. The molecule has 10 heteroatoms. The van der Waals surface area contributed by atoms with Crippen molar-refractivity contribution in [2.24, 2.45) is 0 Å². The number of ether oxygens (including phenoxy) is 2. The van der Waals surface area contributed by atoms with E-state index in [1.807, 2.05) is 21.1 Å². The predicted molar refractivity (Wildman–Crippen MR) is 242 cm³/mol. The quantitative estimate of drug-likeness (QED) is 0.0214. The first-order valence-electron chi connectivity index (χ1n) is 22.7. The van der Waals surface area contributed by atoms with E-state index >= 15 is 0 Å². The molecular formula is C48H85NO8P+. The fourth-order valence-electron chi connectivity index (χ4n) is 5.68. The largest absolute Gasteiger partial charge is 0.472 e. The van der Waals surface area contributed by atoms with Crippen molar-refractivity contribution in [2.75, 3.05) is 47.5 Å². The second-order valence-electron chi connectivity index (χ2n) is 16.0. The summed E-state index contributed by atoms with van der Waals surface area (Å²) in [4.78, 5) is 35.4. The molecule has 0 aliphatic carbocycles. The standard InChI is InChI=1S/C48H84NO8P/c1-6-8-10-12-14-16-18-20-22-23-24-25-27-29-31-33-35-37-39-41-48(51)57-46(45-56-58(52,53)55-43-42-49(3,4)5)44-54-47(50)40-38-36-34-32-30-28-26-21-19-17-15-13-11-9-7-2/h8,10,14,16,20-22,24-26,29,31,46H,6-7,9,11-13,15,17-19,23,27-28,30,32-45H2,1-5H3/p+1/b10-8-,16-14-,22-20-,25-24-,26-21-,31-29-/t46-/m1/s1. The van der Waals surface area contributed by atoms with Gasteiger partial charge in [-0.15, -0.1) is 0 Å². The van der Waals surface area contributed by atoms with Gasteiger partial charge in [0.2, 0.25) is 0 Å². The van der Waals surface area contributed by atoms with Crippen molar-refractivity contribution in [3.05, 3.63) is 72.9 Å². The number of unbranched alkanes of at least 4 members (excludes halogenated alkanes) is 14. The van der Waals surface area contributed by atoms with Gasteiger partial charge in [-0.3, -0.25) is 18.6 Å². The van der Waals surface area contributed by atoms with Crippen molar-refractivity contribution >= 4 is 19.8 Å². The third-order valence-electron chi connectivity index (χ3n) is 9.22. The van der Waals surface area contributed by atoms with Crippen molar-refractivity contribution < 1.29 is 42.1 Å². The number of phosphoric acid groups is 1. The molecule has 0 aromatic heterocycles. The Kier molecular flexibility index (Phi) is 38.1. The first kappa shape index (κ1) is 55.5. The summed E-state index contributed by atoms with van der Waals surface area (Å²) in [5.41, 5.74) is 0. The van der Waals surface area contributed by atoms with Gasteiger partial charge in [-0.2, -0.15) is 0 Å². The molecular weight excluding hydrogens is 750 g/mol. The zero-order chi connectivity index (χ0) is 42.8. The molecule has 2 atom stereocenters. The van der Waals surface area contributed by atoms with Crippen molar-refractivity contribution in [3.8, 4) is 0 Å². The van der Waals surface area contributed by atoms with Crippen LogP contribution in [-0.2, 0) is 32.7 Å². The molecule has 0 fully saturated rings. The highest BCUT2D eigenvalue weighted by atomic mass is 31.2. The van der Waals surface area contributed by atoms with E-state index in [-0.39, 0.29) is 32.0 Å². The smallest absolute Gasteiger partial charge is 0.462 e. The van der Waals surface area contributed by atoms with Gasteiger partial charge >= 0.3 is 19.8 Å². The molecule has 0 heterocycles. The fourth-order valence-corrected chi connectivity index (χ4v) is 6.42. The molecule has 334 valence electrons. The first-order chi connectivity index (χ1) is 28.0. The Labute approximate surface area is 355 Å². The van der Waals surface area contributed by atoms with Crippen LogP contribution in [0.15, 0.2) is 72.9 Å². The molecule has 1 N–H and O–H groups in total. The maximum Gasteiger partial charge on any atom is 0.472 e. The van der Waals surface area contributed by atoms with Crippen LogP contribution in [0.3, 0.4) is 0 Å². The van der Waals surface area contributed by atoms with E-state index < -0.39 is 26.5 Å². The Balaban J connectivity index is 4.44. The maximum absolute atomic E-state index is 12.7. The molecule has 58 heavy (non-hydrogen) atoms. The minimum atomic E-state index is -4.39. The monoisotopic (exact) mass is 835 g/mol. The number of likely N-dealkylation sites (N-methyl/N-ethyl adjacent to an activating group) is 1. The Morgan fingerprint density at radius 2 is 0.983 bits per heavy atom. The van der Waals surface area contributed by atoms with Gasteiger partial charge in [0.15, 0.2) is 6.10 Å². The number of phosphoric ester groups is 1. The molecule has 9 nitrogen and oxygen atoms in total. The van der Waals surface area contributed by atoms with Crippen molar-refractivity contribution in [2.45, 2.75) is 174 Å². The lowest BCUT2D eigenvalue weighted by molar-refractivity contribution is -0.870. The maximum atomic E-state index is 12.7. The number of rotatable bonds is 40. The zero-order valence-electron chi connectivity index (χ0n) is 37.5. The third kappa shape index (κ3) is 43.0. The number of hydrogen-bond donors (Lipinski definition) is 1. The molecule has 0 saturated carbocycles. The fraction of sp³-hybridized carbons (Fsp3) is 0.708. The van der Waals surface area contributed by atoms with Gasteiger partial charge in [0.1, 0.15) is 19.8 Å². The summed E-state index contributed by atoms with van der Waals surface area (Å²) >= 11 is 0. The van der Waals surface area contributed by atoms with Gasteiger partial charge < -0.3 is 18.9 Å². The van der Waals surface area contributed by atoms with E-state index in [0.717, 1.165) is 89.9 Å². The minimum Gasteiger partial charge on any atom is -0.462 e. The molecule has 0 aliphatic heterocycles. The normalized spacial score (nSPS) is 14.2. The van der Waals surface area contributed by atoms with Crippen molar-refractivity contribution in [1.29, 1.82) is 0 Å². The summed E-state index contributed by atoms with van der Waals surface area (Å²) in [6, 6.07) is 0. The highest BCUT2D eigenvalue weighted by Crippen LogP contribution is 2.43. The number of allylic oxidation sites excluding steroid dienone is 12. The summed E-state index contributed by atoms with van der Waals surface area (Å²) in [5, 5.41) is 0. The molecule has 0 bridgehead atoms. The lowest BCUT2D eigenvalue weighted by atomic mass is 10.1. The molecule has 1 unspecified atom stereocenters. The Hall–Kier alpha value is -2.55. The van der Waals surface area contributed by atoms with Gasteiger partial charge in [-0.25, -0.2) is 4.57 Å². The molecule has 0 rings (SSSR count). The number of carbonyl (C=O) groups is 2. The van der Waals surface area contributed by atoms with Gasteiger partial charge in [0.05, 0.1) is 27.7 Å². The lowest BCUT2D eigenvalue weighted by Gasteiger charge is -2.24. The Morgan fingerprint density at radius 1 is 0.552 bits per heavy atom. The molecule has 0 spiro atoms. The van der Waals surface area contributed by atoms with Crippen molar-refractivity contribution in [3.63, 3.8) is 0 Å². The summed E-state index contributed by atoms with van der Waals surface area (Å²) in [7, 11) is 1.44. The van der Waals surface area contributed by atoms with Crippen LogP contribution in [0.5, 0.6) is 0 Å². The number of hydrogen-bond acceptors (Lipinski definition) is 7. The molecule has 0 aromatic rings. The van der Waals surface area contributed by atoms with Crippen LogP contribution in [0.25, 0.3) is 0 Å². The summed E-state index contributed by atoms with van der Waals surface area (Å²) in [6.07, 6.45) is 49.5. The summed E-state index contributed by atoms with van der Waals surface area (Å²) in [6.45, 7) is 4.24. The number of esters is 2. The SMILES string of the molecule is CC/C=C\C/C=C\C/C=C\C/C=C\C/C=C\CCCCCC(=O)O[C@H](COC(=O)CCCCCCC/C=C\CCCCCCCC)COP(=O)(O)OCC[N+](C)(C)C. The van der Waals surface area contributed by atoms with E-state index in [1.165, 1.54) is 44.9 Å². The summed E-state index contributed by atoms with van der Waals surface area (Å²) < 4.78 is 34.3. The topological polar surface area (TPSA) is 108 Å². The number of carbonyl (C=O) groups excluding carboxylic acids is 2. The van der Waals surface area contributed by atoms with Gasteiger partial charge in [0.25, 0.3) is 0 Å². The molecule has 0 saturated heterocycles. The molecule has 0 radical (unpaired) electrons. The highest BCUT2D eigenvalue weighted by molar-refractivity contribution is 7.47. The van der Waals surface area contributed by atoms with Crippen LogP contribution in [0.1, 0.15) is 168 Å². The van der Waals surface area contributed by atoms with Crippen LogP contribution in [0.4, 0.5) is 0 Å². The molecule has 0 amide bonds. The Morgan fingerprint density at radius 3 is 1.50 bits per heavy atom. The van der Waals surface area contributed by atoms with E-state index in [2.05, 4.69) is 86.8 Å². The second kappa shape index (κ2) is 39.9. The number of quaternary nitrogens is 1. The van der Waals surface area contributed by atoms with Crippen LogP contribution in [0.2, 0.25) is 0 Å². The third-order valence-corrected chi connectivity index (χ3v) is 10.2. The van der Waals surface area contributed by atoms with Crippen LogP contribution in [0, 0.1) is 0 Å². The predicted octanol–water partition coefficient (Wildman–Crippen LogP) is 13.0. The van der Waals surface area contributed by atoms with Crippen molar-refractivity contribution in [1.82, 2.24) is 0 Å². The van der Waals surface area contributed by atoms with Gasteiger partial charge in [-0.1, -0.05) is 145 Å². The first-order valence-corrected chi connectivity index (χ1v) is 24.2. The van der Waals surface area contributed by atoms with Crippen LogP contribution < -0.4 is 0 Å². The summed E-state index contributed by atoms with van der Waals surface area (Å²) in [5.74, 6) is -0.851. The van der Waals surface area contributed by atoms with Gasteiger partial charge in [-0.05, 0) is 83.5 Å². The van der Waals surface area contributed by atoms with E-state index in [9.17, 15) is 19.0 Å². The Bertz CT molecular complexity index is 1220.